The summed E-state index contributed by atoms with van der Waals surface area (Å²) in [5.74, 6) is -0.924. The minimum absolute atomic E-state index is 0.0569. The van der Waals surface area contributed by atoms with E-state index in [0.29, 0.717) is 22.7 Å². The third-order valence-corrected chi connectivity index (χ3v) is 7.34. The molecule has 0 fully saturated rings. The zero-order chi connectivity index (χ0) is 26.3. The molecule has 0 bridgehead atoms. The van der Waals surface area contributed by atoms with Crippen LogP contribution in [0.25, 0.3) is 6.08 Å². The Morgan fingerprint density at radius 3 is 2.53 bits per heavy atom. The molecule has 0 spiro atoms. The van der Waals surface area contributed by atoms with E-state index in [1.807, 2.05) is 0 Å². The number of aromatic nitrogens is 2. The van der Waals surface area contributed by atoms with E-state index in [2.05, 4.69) is 14.7 Å². The summed E-state index contributed by atoms with van der Waals surface area (Å²) < 4.78 is 39.2. The van der Waals surface area contributed by atoms with Crippen LogP contribution in [0.2, 0.25) is 0 Å². The van der Waals surface area contributed by atoms with Crippen molar-refractivity contribution in [3.63, 3.8) is 0 Å². The maximum Gasteiger partial charge on any atom is 0.343 e. The molecular formula is C24H22N4O6S2. The molecule has 1 aromatic heterocycles. The van der Waals surface area contributed by atoms with Crippen molar-refractivity contribution >= 4 is 44.5 Å². The number of benzene rings is 2. The molecule has 0 aliphatic heterocycles. The predicted octanol–water partition coefficient (Wildman–Crippen LogP) is 3.88. The van der Waals surface area contributed by atoms with Gasteiger partial charge in [-0.1, -0.05) is 24.3 Å². The fourth-order valence-corrected chi connectivity index (χ4v) is 4.46. The number of hydrogen-bond acceptors (Lipinski definition) is 10. The minimum atomic E-state index is -3.70. The first-order chi connectivity index (χ1) is 17.1. The number of nitriles is 1. The van der Waals surface area contributed by atoms with Crippen molar-refractivity contribution in [2.45, 2.75) is 31.2 Å². The summed E-state index contributed by atoms with van der Waals surface area (Å²) in [6, 6.07) is 14.8. The Labute approximate surface area is 212 Å². The summed E-state index contributed by atoms with van der Waals surface area (Å²) in [5.41, 5.74) is 0.535. The van der Waals surface area contributed by atoms with Crippen LogP contribution in [0.15, 0.2) is 59.3 Å². The van der Waals surface area contributed by atoms with Crippen LogP contribution in [0.3, 0.4) is 0 Å². The van der Waals surface area contributed by atoms with Gasteiger partial charge in [-0.25, -0.2) is 13.2 Å². The lowest BCUT2D eigenvalue weighted by Gasteiger charge is -2.11. The first-order valence-electron chi connectivity index (χ1n) is 10.7. The number of ether oxygens (including phenoxy) is 2. The van der Waals surface area contributed by atoms with E-state index in [0.717, 1.165) is 0 Å². The zero-order valence-corrected chi connectivity index (χ0v) is 21.2. The molecule has 0 saturated carbocycles. The maximum atomic E-state index is 12.6. The van der Waals surface area contributed by atoms with E-state index in [9.17, 15) is 23.3 Å². The standard InChI is InChI=1S/C24H22N4O6S2/c1-4-33-20-13-16(10-11-19(20)34-22(30)17-8-6-5-7-9-17)12-18(14-25)21(29)26-23-27-24(28-35-23)36(31,32)15(2)3/h5-13,15H,4H2,1-3H3,(H,26,27,28,29)/b18-12-. The largest absolute Gasteiger partial charge is 0.490 e. The molecule has 0 aliphatic rings. The number of anilines is 1. The summed E-state index contributed by atoms with van der Waals surface area (Å²) in [7, 11) is -3.70. The van der Waals surface area contributed by atoms with Gasteiger partial charge in [-0.3, -0.25) is 10.1 Å². The third-order valence-electron chi connectivity index (χ3n) is 4.66. The second-order valence-electron chi connectivity index (χ2n) is 7.49. The molecule has 3 aromatic rings. The smallest absolute Gasteiger partial charge is 0.343 e. The lowest BCUT2D eigenvalue weighted by atomic mass is 10.1. The van der Waals surface area contributed by atoms with Gasteiger partial charge in [0.05, 0.1) is 17.4 Å². The SMILES string of the molecule is CCOc1cc(/C=C(/C#N)C(=O)Nc2nc(S(=O)(=O)C(C)C)ns2)ccc1OC(=O)c1ccccc1. The van der Waals surface area contributed by atoms with Gasteiger partial charge in [-0.05, 0) is 56.7 Å². The van der Waals surface area contributed by atoms with Crippen molar-refractivity contribution < 1.29 is 27.5 Å². The van der Waals surface area contributed by atoms with E-state index in [-0.39, 0.29) is 34.0 Å². The minimum Gasteiger partial charge on any atom is -0.490 e. The first-order valence-corrected chi connectivity index (χ1v) is 13.0. The normalized spacial score (nSPS) is 11.6. The molecular weight excluding hydrogens is 504 g/mol. The van der Waals surface area contributed by atoms with Crippen LogP contribution in [0.4, 0.5) is 5.13 Å². The van der Waals surface area contributed by atoms with E-state index >= 15 is 0 Å². The monoisotopic (exact) mass is 526 g/mol. The second-order valence-corrected chi connectivity index (χ2v) is 10.6. The van der Waals surface area contributed by atoms with Gasteiger partial charge in [0, 0.05) is 11.5 Å². The number of hydrogen-bond donors (Lipinski definition) is 1. The Morgan fingerprint density at radius 1 is 1.17 bits per heavy atom. The number of rotatable bonds is 9. The molecule has 0 atom stereocenters. The molecule has 10 nitrogen and oxygen atoms in total. The zero-order valence-electron chi connectivity index (χ0n) is 19.6. The molecule has 1 N–H and O–H groups in total. The van der Waals surface area contributed by atoms with Crippen molar-refractivity contribution in [1.29, 1.82) is 5.26 Å². The third kappa shape index (κ3) is 6.32. The van der Waals surface area contributed by atoms with Gasteiger partial charge in [0.2, 0.25) is 15.0 Å². The highest BCUT2D eigenvalue weighted by molar-refractivity contribution is 7.91. The van der Waals surface area contributed by atoms with E-state index < -0.39 is 27.0 Å². The Bertz CT molecular complexity index is 1440. The van der Waals surface area contributed by atoms with E-state index in [1.54, 1.807) is 49.4 Å². The van der Waals surface area contributed by atoms with Crippen LogP contribution in [0.1, 0.15) is 36.7 Å². The van der Waals surface area contributed by atoms with Crippen LogP contribution in [0, 0.1) is 11.3 Å². The Morgan fingerprint density at radius 2 is 1.89 bits per heavy atom. The van der Waals surface area contributed by atoms with Crippen molar-refractivity contribution in [3.05, 3.63) is 65.2 Å². The van der Waals surface area contributed by atoms with Crippen LogP contribution >= 0.6 is 11.5 Å². The number of nitrogens with one attached hydrogen (secondary N) is 1. The first kappa shape index (κ1) is 26.5. The summed E-state index contributed by atoms with van der Waals surface area (Å²) in [4.78, 5) is 28.9. The van der Waals surface area contributed by atoms with Crippen molar-refractivity contribution in [2.75, 3.05) is 11.9 Å². The van der Waals surface area contributed by atoms with Gasteiger partial charge >= 0.3 is 5.97 Å². The second kappa shape index (κ2) is 11.6. The summed E-state index contributed by atoms with van der Waals surface area (Å²) in [6.07, 6.45) is 1.31. The number of carbonyl (C=O) groups is 2. The molecule has 0 saturated heterocycles. The van der Waals surface area contributed by atoms with Crippen molar-refractivity contribution in [2.24, 2.45) is 0 Å². The fourth-order valence-electron chi connectivity index (χ4n) is 2.77. The average molecular weight is 527 g/mol. The average Bonchev–Trinajstić information content (AvgIpc) is 3.33. The molecule has 2 aromatic carbocycles. The van der Waals surface area contributed by atoms with Gasteiger partial charge in [0.1, 0.15) is 11.6 Å². The summed E-state index contributed by atoms with van der Waals surface area (Å²) >= 11 is 0.694. The number of amides is 1. The predicted molar refractivity (Wildman–Crippen MR) is 133 cm³/mol. The van der Waals surface area contributed by atoms with Crippen LogP contribution < -0.4 is 14.8 Å². The van der Waals surface area contributed by atoms with Crippen molar-refractivity contribution in [3.8, 4) is 17.6 Å². The lowest BCUT2D eigenvalue weighted by Crippen LogP contribution is -2.16. The molecule has 1 heterocycles. The molecule has 0 radical (unpaired) electrons. The van der Waals surface area contributed by atoms with Crippen molar-refractivity contribution in [1.82, 2.24) is 9.36 Å². The van der Waals surface area contributed by atoms with Crippen LogP contribution in [0.5, 0.6) is 11.5 Å². The highest BCUT2D eigenvalue weighted by atomic mass is 32.2. The van der Waals surface area contributed by atoms with Crippen LogP contribution in [-0.4, -0.2) is 41.5 Å². The van der Waals surface area contributed by atoms with Gasteiger partial charge in [-0.15, -0.1) is 0 Å². The Balaban J connectivity index is 1.81. The van der Waals surface area contributed by atoms with E-state index in [4.69, 9.17) is 9.47 Å². The van der Waals surface area contributed by atoms with Gasteiger partial charge in [0.25, 0.3) is 11.1 Å². The lowest BCUT2D eigenvalue weighted by molar-refractivity contribution is -0.112. The quantitative estimate of drug-likeness (QED) is 0.190. The number of nitrogens with zero attached hydrogens (tertiary/aromatic N) is 3. The highest BCUT2D eigenvalue weighted by Gasteiger charge is 2.25. The maximum absolute atomic E-state index is 12.6. The highest BCUT2D eigenvalue weighted by Crippen LogP contribution is 2.30. The Hall–Kier alpha value is -4.08. The van der Waals surface area contributed by atoms with Gasteiger partial charge in [0.15, 0.2) is 11.5 Å². The molecule has 3 rings (SSSR count). The Kier molecular flexibility index (Phi) is 8.52. The molecule has 12 heteroatoms. The molecule has 0 unspecified atom stereocenters. The van der Waals surface area contributed by atoms with Gasteiger partial charge in [-0.2, -0.15) is 14.6 Å². The molecule has 186 valence electrons. The molecule has 36 heavy (non-hydrogen) atoms. The number of carbonyl (C=O) groups excluding carboxylic acids is 2. The summed E-state index contributed by atoms with van der Waals surface area (Å²) in [5, 5.41) is 10.7. The van der Waals surface area contributed by atoms with E-state index in [1.165, 1.54) is 32.1 Å². The molecule has 1 amide bonds. The molecule has 0 aliphatic carbocycles. The number of esters is 1. The topological polar surface area (TPSA) is 148 Å². The fraction of sp³-hybridized carbons (Fsp3) is 0.208. The number of sulfone groups is 1. The van der Waals surface area contributed by atoms with Crippen LogP contribution in [-0.2, 0) is 14.6 Å². The summed E-state index contributed by atoms with van der Waals surface area (Å²) in [6.45, 7) is 5.04. The van der Waals surface area contributed by atoms with Gasteiger partial charge < -0.3 is 9.47 Å².